The van der Waals surface area contributed by atoms with E-state index in [-0.39, 0.29) is 24.4 Å². The summed E-state index contributed by atoms with van der Waals surface area (Å²) in [6.45, 7) is 5.37. The highest BCUT2D eigenvalue weighted by molar-refractivity contribution is 9.10. The minimum absolute atomic E-state index is 0.0366. The Morgan fingerprint density at radius 1 is 1.12 bits per heavy atom. The molecule has 0 radical (unpaired) electrons. The molecule has 2 aromatic rings. The van der Waals surface area contributed by atoms with E-state index in [4.69, 9.17) is 4.74 Å². The van der Waals surface area contributed by atoms with E-state index in [0.717, 1.165) is 14.2 Å². The monoisotopic (exact) mass is 422 g/mol. The van der Waals surface area contributed by atoms with Gasteiger partial charge in [0.2, 0.25) is 5.78 Å². The number of aryl methyl sites for hydroxylation is 2. The lowest BCUT2D eigenvalue weighted by Gasteiger charge is -2.12. The van der Waals surface area contributed by atoms with Crippen molar-refractivity contribution in [3.05, 3.63) is 55.7 Å². The first-order chi connectivity index (χ1) is 11.8. The average Bonchev–Trinajstić information content (AvgIpc) is 2.91. The number of halogens is 1. The van der Waals surface area contributed by atoms with Gasteiger partial charge in [-0.2, -0.15) is 0 Å². The molecule has 1 unspecified atom stereocenters. The minimum Gasteiger partial charge on any atom is -0.454 e. The maximum absolute atomic E-state index is 12.2. The standard InChI is InChI=1S/C19H19BrO4S/c1-11-10-16(13(3)25-11)17(21)8-9-18(22)24-12(2)19(23)14-4-6-15(20)7-5-14/h4-7,10,12H,8-9H2,1-3H3. The number of esters is 1. The Morgan fingerprint density at radius 3 is 2.32 bits per heavy atom. The van der Waals surface area contributed by atoms with Gasteiger partial charge in [0.15, 0.2) is 11.9 Å². The lowest BCUT2D eigenvalue weighted by atomic mass is 10.1. The van der Waals surface area contributed by atoms with Crippen molar-refractivity contribution in [2.45, 2.75) is 39.7 Å². The van der Waals surface area contributed by atoms with Crippen LogP contribution < -0.4 is 0 Å². The summed E-state index contributed by atoms with van der Waals surface area (Å²) < 4.78 is 6.04. The normalized spacial score (nSPS) is 11.8. The number of carbonyl (C=O) groups is 3. The average molecular weight is 423 g/mol. The van der Waals surface area contributed by atoms with Crippen LogP contribution in [0.25, 0.3) is 0 Å². The molecule has 0 aliphatic heterocycles. The SMILES string of the molecule is Cc1cc(C(=O)CCC(=O)OC(C)C(=O)c2ccc(Br)cc2)c(C)s1. The van der Waals surface area contributed by atoms with Crippen LogP contribution in [0.3, 0.4) is 0 Å². The largest absolute Gasteiger partial charge is 0.454 e. The molecule has 0 saturated carbocycles. The zero-order chi connectivity index (χ0) is 18.6. The van der Waals surface area contributed by atoms with Crippen molar-refractivity contribution < 1.29 is 19.1 Å². The zero-order valence-corrected chi connectivity index (χ0v) is 16.7. The number of ketones is 2. The first-order valence-corrected chi connectivity index (χ1v) is 9.48. The molecule has 1 aromatic heterocycles. The van der Waals surface area contributed by atoms with E-state index in [1.807, 2.05) is 19.9 Å². The minimum atomic E-state index is -0.881. The van der Waals surface area contributed by atoms with E-state index in [2.05, 4.69) is 15.9 Å². The molecule has 1 aromatic carbocycles. The molecule has 2 rings (SSSR count). The van der Waals surface area contributed by atoms with E-state index in [9.17, 15) is 14.4 Å². The third-order valence-corrected chi connectivity index (χ3v) is 5.20. The zero-order valence-electron chi connectivity index (χ0n) is 14.3. The van der Waals surface area contributed by atoms with Gasteiger partial charge in [0.1, 0.15) is 0 Å². The van der Waals surface area contributed by atoms with Crippen LogP contribution in [0.2, 0.25) is 0 Å². The third-order valence-electron chi connectivity index (χ3n) is 3.70. The van der Waals surface area contributed by atoms with Crippen molar-refractivity contribution in [2.24, 2.45) is 0 Å². The van der Waals surface area contributed by atoms with E-state index in [1.54, 1.807) is 35.6 Å². The summed E-state index contributed by atoms with van der Waals surface area (Å²) in [5, 5.41) is 0. The van der Waals surface area contributed by atoms with Crippen LogP contribution in [-0.2, 0) is 9.53 Å². The summed E-state index contributed by atoms with van der Waals surface area (Å²) in [5.74, 6) is -0.891. The Morgan fingerprint density at radius 2 is 1.76 bits per heavy atom. The predicted octanol–water partition coefficient (Wildman–Crippen LogP) is 4.90. The highest BCUT2D eigenvalue weighted by atomic mass is 79.9. The number of rotatable bonds is 7. The second-order valence-electron chi connectivity index (χ2n) is 5.75. The summed E-state index contributed by atoms with van der Waals surface area (Å²) in [4.78, 5) is 38.4. The van der Waals surface area contributed by atoms with Gasteiger partial charge >= 0.3 is 5.97 Å². The van der Waals surface area contributed by atoms with Gasteiger partial charge < -0.3 is 4.74 Å². The maximum Gasteiger partial charge on any atom is 0.306 e. The van der Waals surface area contributed by atoms with Crippen LogP contribution in [0.4, 0.5) is 0 Å². The summed E-state index contributed by atoms with van der Waals surface area (Å²) >= 11 is 4.86. The van der Waals surface area contributed by atoms with Crippen molar-refractivity contribution in [2.75, 3.05) is 0 Å². The van der Waals surface area contributed by atoms with E-state index >= 15 is 0 Å². The molecule has 0 aliphatic carbocycles. The molecule has 6 heteroatoms. The highest BCUT2D eigenvalue weighted by Crippen LogP contribution is 2.22. The van der Waals surface area contributed by atoms with Crippen LogP contribution >= 0.6 is 27.3 Å². The van der Waals surface area contributed by atoms with Crippen LogP contribution in [0, 0.1) is 13.8 Å². The molecule has 0 aliphatic rings. The molecule has 1 heterocycles. The Balaban J connectivity index is 1.87. The Bertz CT molecular complexity index is 792. The van der Waals surface area contributed by atoms with Crippen molar-refractivity contribution in [1.29, 1.82) is 0 Å². The lowest BCUT2D eigenvalue weighted by Crippen LogP contribution is -2.24. The molecule has 0 fully saturated rings. The van der Waals surface area contributed by atoms with Crippen molar-refractivity contribution in [1.82, 2.24) is 0 Å². The molecule has 0 spiro atoms. The fourth-order valence-electron chi connectivity index (χ4n) is 2.42. The van der Waals surface area contributed by atoms with Crippen molar-refractivity contribution in [3.8, 4) is 0 Å². The number of thiophene rings is 1. The second kappa shape index (κ2) is 8.54. The number of carbonyl (C=O) groups excluding carboxylic acids is 3. The molecule has 1 atom stereocenters. The molecular formula is C19H19BrO4S. The van der Waals surface area contributed by atoms with Gasteiger partial charge in [-0.1, -0.05) is 28.1 Å². The van der Waals surface area contributed by atoms with Gasteiger partial charge in [0.25, 0.3) is 0 Å². The fourth-order valence-corrected chi connectivity index (χ4v) is 3.62. The molecule has 0 N–H and O–H groups in total. The number of ether oxygens (including phenoxy) is 1. The number of Topliss-reactive ketones (excluding diaryl/α,β-unsaturated/α-hetero) is 2. The molecule has 0 saturated heterocycles. The first-order valence-electron chi connectivity index (χ1n) is 7.87. The van der Waals surface area contributed by atoms with Gasteiger partial charge in [0.05, 0.1) is 6.42 Å². The summed E-state index contributed by atoms with van der Waals surface area (Å²) in [5.41, 5.74) is 1.14. The molecule has 0 amide bonds. The molecule has 132 valence electrons. The topological polar surface area (TPSA) is 60.4 Å². The number of hydrogen-bond donors (Lipinski definition) is 0. The Kier molecular flexibility index (Phi) is 6.67. The van der Waals surface area contributed by atoms with Crippen molar-refractivity contribution in [3.63, 3.8) is 0 Å². The summed E-state index contributed by atoms with van der Waals surface area (Å²) in [6.07, 6.45) is -0.839. The van der Waals surface area contributed by atoms with Gasteiger partial charge in [-0.15, -0.1) is 11.3 Å². The smallest absolute Gasteiger partial charge is 0.306 e. The highest BCUT2D eigenvalue weighted by Gasteiger charge is 2.20. The molecule has 4 nitrogen and oxygen atoms in total. The van der Waals surface area contributed by atoms with Gasteiger partial charge in [-0.05, 0) is 39.0 Å². The number of benzene rings is 1. The van der Waals surface area contributed by atoms with Crippen LogP contribution in [-0.4, -0.2) is 23.6 Å². The molecular weight excluding hydrogens is 404 g/mol. The summed E-state index contributed by atoms with van der Waals surface area (Å²) in [6, 6.07) is 8.69. The Labute approximate surface area is 159 Å². The van der Waals surface area contributed by atoms with Gasteiger partial charge in [-0.25, -0.2) is 0 Å². The summed E-state index contributed by atoms with van der Waals surface area (Å²) in [7, 11) is 0. The van der Waals surface area contributed by atoms with Crippen LogP contribution in [0.1, 0.15) is 50.2 Å². The van der Waals surface area contributed by atoms with E-state index in [0.29, 0.717) is 11.1 Å². The predicted molar refractivity (Wildman–Crippen MR) is 101 cm³/mol. The Hall–Kier alpha value is -1.79. The molecule has 0 bridgehead atoms. The van der Waals surface area contributed by atoms with Crippen LogP contribution in [0.15, 0.2) is 34.8 Å². The quantitative estimate of drug-likeness (QED) is 0.469. The molecule has 25 heavy (non-hydrogen) atoms. The second-order valence-corrected chi connectivity index (χ2v) is 8.13. The van der Waals surface area contributed by atoms with E-state index in [1.165, 1.54) is 6.92 Å². The van der Waals surface area contributed by atoms with Gasteiger partial charge in [0, 0.05) is 31.8 Å². The fraction of sp³-hybridized carbons (Fsp3) is 0.316. The van der Waals surface area contributed by atoms with Crippen LogP contribution in [0.5, 0.6) is 0 Å². The first kappa shape index (κ1) is 19.5. The maximum atomic E-state index is 12.2. The van der Waals surface area contributed by atoms with Gasteiger partial charge in [-0.3, -0.25) is 14.4 Å². The lowest BCUT2D eigenvalue weighted by molar-refractivity contribution is -0.146. The third kappa shape index (κ3) is 5.34. The number of hydrogen-bond acceptors (Lipinski definition) is 5. The van der Waals surface area contributed by atoms with E-state index < -0.39 is 12.1 Å². The van der Waals surface area contributed by atoms with Crippen molar-refractivity contribution >= 4 is 44.8 Å².